The van der Waals surface area contributed by atoms with E-state index in [0.717, 1.165) is 49.4 Å². The topological polar surface area (TPSA) is 26.3 Å². The second-order valence-corrected chi connectivity index (χ2v) is 13.2. The Bertz CT molecular complexity index is 3100. The van der Waals surface area contributed by atoms with E-state index < -0.39 is 0 Å². The Morgan fingerprint density at radius 1 is 0.240 bits per heavy atom. The molecule has 0 aliphatic carbocycles. The third kappa shape index (κ3) is 4.03. The minimum Gasteiger partial charge on any atom is -0.456 e. The van der Waals surface area contributed by atoms with Crippen LogP contribution in [-0.2, 0) is 0 Å². The van der Waals surface area contributed by atoms with E-state index in [1.807, 2.05) is 12.1 Å². The number of hydrogen-bond donors (Lipinski definition) is 0. The normalized spacial score (nSPS) is 12.0. The standard InChI is InChI=1S/C48H28O2/c1-2-11-31-27-46-42(25-30(31)10-1)36-22-20-34(28-45(36)50-46)48-39-17-5-3-15-37(39)47(38-16-4-6-18-40(38)48)33-13-9-12-29(24-33)32-21-23-44-41(26-32)35-14-7-8-19-43(35)49-44/h1-28H. The first-order valence-corrected chi connectivity index (χ1v) is 17.1. The van der Waals surface area contributed by atoms with E-state index in [0.29, 0.717) is 0 Å². The van der Waals surface area contributed by atoms with Gasteiger partial charge in [-0.25, -0.2) is 0 Å². The first-order chi connectivity index (χ1) is 24.8. The van der Waals surface area contributed by atoms with Gasteiger partial charge in [-0.15, -0.1) is 0 Å². The number of para-hydroxylation sites is 1. The summed E-state index contributed by atoms with van der Waals surface area (Å²) < 4.78 is 12.7. The van der Waals surface area contributed by atoms with Gasteiger partial charge in [-0.05, 0) is 114 Å². The number of rotatable bonds is 3. The number of fused-ring (bicyclic) bond motifs is 9. The van der Waals surface area contributed by atoms with Crippen LogP contribution in [0.2, 0.25) is 0 Å². The molecule has 0 spiro atoms. The molecule has 0 aliphatic rings. The number of hydrogen-bond acceptors (Lipinski definition) is 2. The predicted octanol–water partition coefficient (Wildman–Crippen LogP) is 13.9. The maximum absolute atomic E-state index is 6.53. The van der Waals surface area contributed by atoms with Crippen LogP contribution in [0.5, 0.6) is 0 Å². The van der Waals surface area contributed by atoms with E-state index >= 15 is 0 Å². The quantitative estimate of drug-likeness (QED) is 0.180. The summed E-state index contributed by atoms with van der Waals surface area (Å²) in [6.45, 7) is 0. The highest BCUT2D eigenvalue weighted by Gasteiger charge is 2.19. The minimum absolute atomic E-state index is 0.903. The summed E-state index contributed by atoms with van der Waals surface area (Å²) in [5, 5.41) is 11.9. The van der Waals surface area contributed by atoms with Gasteiger partial charge in [0.15, 0.2) is 0 Å². The van der Waals surface area contributed by atoms with Gasteiger partial charge in [0.05, 0.1) is 0 Å². The van der Waals surface area contributed by atoms with Crippen molar-refractivity contribution in [2.24, 2.45) is 0 Å². The second kappa shape index (κ2) is 10.4. The van der Waals surface area contributed by atoms with E-state index in [9.17, 15) is 0 Å². The van der Waals surface area contributed by atoms with Gasteiger partial charge in [0.1, 0.15) is 22.3 Å². The molecule has 0 aliphatic heterocycles. The molecule has 0 atom stereocenters. The number of furan rings is 2. The molecular weight excluding hydrogens is 609 g/mol. The first-order valence-electron chi connectivity index (χ1n) is 17.1. The second-order valence-electron chi connectivity index (χ2n) is 13.2. The molecule has 0 saturated heterocycles. The highest BCUT2D eigenvalue weighted by molar-refractivity contribution is 6.22. The molecule has 2 nitrogen and oxygen atoms in total. The monoisotopic (exact) mass is 636 g/mol. The Balaban J connectivity index is 1.11. The zero-order chi connectivity index (χ0) is 32.8. The summed E-state index contributed by atoms with van der Waals surface area (Å²) in [5.74, 6) is 0. The highest BCUT2D eigenvalue weighted by atomic mass is 16.3. The Morgan fingerprint density at radius 2 is 0.720 bits per heavy atom. The van der Waals surface area contributed by atoms with Crippen LogP contribution in [-0.4, -0.2) is 0 Å². The van der Waals surface area contributed by atoms with E-state index in [4.69, 9.17) is 8.83 Å². The minimum atomic E-state index is 0.903. The van der Waals surface area contributed by atoms with Crippen molar-refractivity contribution in [1.29, 1.82) is 0 Å². The molecule has 0 radical (unpaired) electrons. The highest BCUT2D eigenvalue weighted by Crippen LogP contribution is 2.45. The fraction of sp³-hybridized carbons (Fsp3) is 0. The van der Waals surface area contributed by atoms with Crippen molar-refractivity contribution in [1.82, 2.24) is 0 Å². The Hall–Kier alpha value is -6.64. The van der Waals surface area contributed by atoms with Crippen LogP contribution < -0.4 is 0 Å². The van der Waals surface area contributed by atoms with Crippen molar-refractivity contribution in [2.45, 2.75) is 0 Å². The van der Waals surface area contributed by atoms with Crippen LogP contribution in [0.1, 0.15) is 0 Å². The zero-order valence-electron chi connectivity index (χ0n) is 27.0. The van der Waals surface area contributed by atoms with E-state index in [2.05, 4.69) is 158 Å². The zero-order valence-corrected chi connectivity index (χ0v) is 27.0. The molecule has 9 aromatic carbocycles. The van der Waals surface area contributed by atoms with Crippen molar-refractivity contribution in [3.8, 4) is 33.4 Å². The van der Waals surface area contributed by atoms with Gasteiger partial charge >= 0.3 is 0 Å². The third-order valence-corrected chi connectivity index (χ3v) is 10.4. The summed E-state index contributed by atoms with van der Waals surface area (Å²) in [7, 11) is 0. The molecule has 0 fully saturated rings. The molecule has 50 heavy (non-hydrogen) atoms. The number of benzene rings is 9. The lowest BCUT2D eigenvalue weighted by atomic mass is 9.85. The largest absolute Gasteiger partial charge is 0.456 e. The molecule has 0 N–H and O–H groups in total. The van der Waals surface area contributed by atoms with Crippen molar-refractivity contribution in [3.05, 3.63) is 170 Å². The van der Waals surface area contributed by atoms with Crippen molar-refractivity contribution in [3.63, 3.8) is 0 Å². The van der Waals surface area contributed by atoms with Gasteiger partial charge < -0.3 is 8.83 Å². The fourth-order valence-corrected chi connectivity index (χ4v) is 8.13. The van der Waals surface area contributed by atoms with Gasteiger partial charge in [0.2, 0.25) is 0 Å². The average molecular weight is 637 g/mol. The van der Waals surface area contributed by atoms with Crippen LogP contribution in [0.4, 0.5) is 0 Å². The van der Waals surface area contributed by atoms with Gasteiger partial charge in [-0.2, -0.15) is 0 Å². The van der Waals surface area contributed by atoms with Gasteiger partial charge in [0, 0.05) is 21.5 Å². The predicted molar refractivity (Wildman–Crippen MR) is 210 cm³/mol. The summed E-state index contributed by atoms with van der Waals surface area (Å²) >= 11 is 0. The van der Waals surface area contributed by atoms with Crippen molar-refractivity contribution in [2.75, 3.05) is 0 Å². The van der Waals surface area contributed by atoms with Gasteiger partial charge in [0.25, 0.3) is 0 Å². The van der Waals surface area contributed by atoms with Gasteiger partial charge in [-0.3, -0.25) is 0 Å². The van der Waals surface area contributed by atoms with Crippen LogP contribution in [0.25, 0.3) is 110 Å². The summed E-state index contributed by atoms with van der Waals surface area (Å²) in [4.78, 5) is 0. The van der Waals surface area contributed by atoms with Crippen LogP contribution in [0.15, 0.2) is 179 Å². The molecule has 0 bridgehead atoms. The van der Waals surface area contributed by atoms with Crippen molar-refractivity contribution >= 4 is 76.2 Å². The molecule has 2 aromatic heterocycles. The molecule has 232 valence electrons. The molecular formula is C48H28O2. The molecule has 0 unspecified atom stereocenters. The third-order valence-electron chi connectivity index (χ3n) is 10.4. The van der Waals surface area contributed by atoms with E-state index in [-0.39, 0.29) is 0 Å². The Morgan fingerprint density at radius 3 is 1.46 bits per heavy atom. The van der Waals surface area contributed by atoms with Crippen molar-refractivity contribution < 1.29 is 8.83 Å². The molecule has 11 aromatic rings. The van der Waals surface area contributed by atoms with E-state index in [1.54, 1.807) is 0 Å². The molecule has 2 heterocycles. The maximum Gasteiger partial charge on any atom is 0.136 e. The Kier molecular flexibility index (Phi) is 5.70. The first kappa shape index (κ1) is 27.3. The fourth-order valence-electron chi connectivity index (χ4n) is 8.13. The van der Waals surface area contributed by atoms with Gasteiger partial charge in [-0.1, -0.05) is 121 Å². The lowest BCUT2D eigenvalue weighted by Crippen LogP contribution is -1.91. The lowest BCUT2D eigenvalue weighted by Gasteiger charge is -2.18. The maximum atomic E-state index is 6.53. The van der Waals surface area contributed by atoms with E-state index in [1.165, 1.54) is 60.1 Å². The average Bonchev–Trinajstić information content (AvgIpc) is 3.72. The molecule has 0 amide bonds. The SMILES string of the molecule is c1cc(-c2ccc3oc4ccccc4c3c2)cc(-c2c3ccccc3c(-c3ccc4c(c3)oc3cc5ccccc5cc34)c3ccccc23)c1. The summed E-state index contributed by atoms with van der Waals surface area (Å²) in [6.07, 6.45) is 0. The Labute approximate surface area is 287 Å². The lowest BCUT2D eigenvalue weighted by molar-refractivity contribution is 0.669. The molecule has 11 rings (SSSR count). The molecule has 2 heteroatoms. The smallest absolute Gasteiger partial charge is 0.136 e. The summed E-state index contributed by atoms with van der Waals surface area (Å²) in [5.41, 5.74) is 10.8. The summed E-state index contributed by atoms with van der Waals surface area (Å²) in [6, 6.07) is 61.0. The van der Waals surface area contributed by atoms with Crippen LogP contribution in [0.3, 0.4) is 0 Å². The molecule has 0 saturated carbocycles. The van der Waals surface area contributed by atoms with Crippen LogP contribution >= 0.6 is 0 Å². The van der Waals surface area contributed by atoms with Crippen LogP contribution in [0, 0.1) is 0 Å².